The molecule has 15 N–H and O–H groups in total. The minimum atomic E-state index is -1.27. The number of nitrogens with two attached hydrogens (primary N) is 5. The van der Waals surface area contributed by atoms with E-state index in [-0.39, 0.29) is 63.0 Å². The second kappa shape index (κ2) is 17.2. The predicted octanol–water partition coefficient (Wildman–Crippen LogP) is -3.42. The minimum absolute atomic E-state index is 0.0350. The number of amides is 3. The zero-order valence-electron chi connectivity index (χ0n) is 22.8. The number of imidazole rings is 1. The Hall–Kier alpha value is -4.41. The molecule has 40 heavy (non-hydrogen) atoms. The fraction of sp³-hybridized carbons (Fsp3) is 0.609. The van der Waals surface area contributed by atoms with Crippen molar-refractivity contribution in [3.8, 4) is 0 Å². The standard InChI is InChI=1S/C23H42N12O5/c1-12(2)17(24)20(38)35-16(9-13-10-29-11-32-13)19(37)33-14(5-3-7-30-22(25)26)18(36)34-15(21(39)40)6-4-8-31-23(27)28/h10-12,14-17H,3-9,24H2,1-2H3,(H,29,32)(H,33,37)(H,34,36)(H,35,38)(H,39,40)(H4,25,26,30)(H4,27,28,31). The first-order valence-electron chi connectivity index (χ1n) is 12.8. The van der Waals surface area contributed by atoms with E-state index >= 15 is 0 Å². The van der Waals surface area contributed by atoms with Crippen LogP contribution >= 0.6 is 0 Å². The van der Waals surface area contributed by atoms with Gasteiger partial charge in [0, 0.05) is 31.4 Å². The van der Waals surface area contributed by atoms with E-state index in [9.17, 15) is 24.3 Å². The minimum Gasteiger partial charge on any atom is -0.480 e. The Kier molecular flexibility index (Phi) is 14.5. The van der Waals surface area contributed by atoms with Crippen LogP contribution < -0.4 is 44.6 Å². The summed E-state index contributed by atoms with van der Waals surface area (Å²) in [6.07, 6.45) is 3.63. The molecule has 0 radical (unpaired) electrons. The fourth-order valence-electron chi connectivity index (χ4n) is 3.47. The van der Waals surface area contributed by atoms with Crippen LogP contribution in [0.4, 0.5) is 0 Å². The van der Waals surface area contributed by atoms with E-state index in [4.69, 9.17) is 28.7 Å². The lowest BCUT2D eigenvalue weighted by Gasteiger charge is -2.25. The molecule has 0 saturated carbocycles. The molecule has 0 aromatic carbocycles. The summed E-state index contributed by atoms with van der Waals surface area (Å²) in [5, 5.41) is 17.3. The molecule has 0 spiro atoms. The van der Waals surface area contributed by atoms with Crippen LogP contribution in [0.25, 0.3) is 0 Å². The number of nitrogens with zero attached hydrogens (tertiary/aromatic N) is 3. The number of carbonyl (C=O) groups is 4. The highest BCUT2D eigenvalue weighted by molar-refractivity contribution is 5.94. The molecule has 0 fully saturated rings. The Balaban J connectivity index is 3.08. The van der Waals surface area contributed by atoms with Crippen LogP contribution in [0.15, 0.2) is 22.5 Å². The van der Waals surface area contributed by atoms with Crippen LogP contribution in [0, 0.1) is 5.92 Å². The van der Waals surface area contributed by atoms with E-state index in [0.29, 0.717) is 5.69 Å². The van der Waals surface area contributed by atoms with E-state index in [1.54, 1.807) is 13.8 Å². The molecule has 0 aliphatic heterocycles. The number of aliphatic carboxylic acids is 1. The lowest BCUT2D eigenvalue weighted by molar-refractivity contribution is -0.142. The van der Waals surface area contributed by atoms with Gasteiger partial charge in [0.2, 0.25) is 17.7 Å². The van der Waals surface area contributed by atoms with E-state index in [1.807, 2.05) is 0 Å². The van der Waals surface area contributed by atoms with Crippen LogP contribution in [-0.4, -0.2) is 87.9 Å². The first-order chi connectivity index (χ1) is 18.8. The average Bonchev–Trinajstić information content (AvgIpc) is 3.39. The lowest BCUT2D eigenvalue weighted by Crippen LogP contribution is -2.58. The molecule has 1 aromatic rings. The summed E-state index contributed by atoms with van der Waals surface area (Å²) in [7, 11) is 0. The maximum absolute atomic E-state index is 13.3. The fourth-order valence-corrected chi connectivity index (χ4v) is 3.47. The van der Waals surface area contributed by atoms with Crippen LogP contribution in [0.5, 0.6) is 0 Å². The smallest absolute Gasteiger partial charge is 0.326 e. The van der Waals surface area contributed by atoms with E-state index < -0.39 is 47.9 Å². The van der Waals surface area contributed by atoms with Gasteiger partial charge >= 0.3 is 5.97 Å². The highest BCUT2D eigenvalue weighted by atomic mass is 16.4. The van der Waals surface area contributed by atoms with Gasteiger partial charge in [-0.05, 0) is 31.6 Å². The molecule has 4 atom stereocenters. The van der Waals surface area contributed by atoms with Crippen LogP contribution in [-0.2, 0) is 25.6 Å². The number of guanidine groups is 2. The quantitative estimate of drug-likeness (QED) is 0.0473. The van der Waals surface area contributed by atoms with Gasteiger partial charge < -0.3 is 54.7 Å². The normalized spacial score (nSPS) is 13.8. The molecule has 17 heteroatoms. The van der Waals surface area contributed by atoms with Crippen LogP contribution in [0.2, 0.25) is 0 Å². The molecular weight excluding hydrogens is 524 g/mol. The SMILES string of the molecule is CC(C)C(N)C(=O)NC(Cc1cnc[nH]1)C(=O)NC(CCCN=C(N)N)C(=O)NC(CCCN=C(N)N)C(=O)O. The van der Waals surface area contributed by atoms with Crippen LogP contribution in [0.3, 0.4) is 0 Å². The maximum atomic E-state index is 13.3. The van der Waals surface area contributed by atoms with E-state index in [0.717, 1.165) is 0 Å². The summed E-state index contributed by atoms with van der Waals surface area (Å²) in [5.74, 6) is -3.69. The van der Waals surface area contributed by atoms with Gasteiger partial charge in [-0.1, -0.05) is 13.8 Å². The number of aliphatic imine (C=N–C) groups is 2. The Morgan fingerprint density at radius 3 is 1.85 bits per heavy atom. The molecule has 1 rings (SSSR count). The molecule has 224 valence electrons. The van der Waals surface area contributed by atoms with Crippen molar-refractivity contribution in [2.24, 2.45) is 44.6 Å². The molecule has 3 amide bonds. The van der Waals surface area contributed by atoms with Gasteiger partial charge in [0.05, 0.1) is 12.4 Å². The van der Waals surface area contributed by atoms with Crippen molar-refractivity contribution in [1.29, 1.82) is 0 Å². The summed E-state index contributed by atoms with van der Waals surface area (Å²) in [6.45, 7) is 3.87. The van der Waals surface area contributed by atoms with Gasteiger partial charge in [0.1, 0.15) is 18.1 Å². The number of hydrogen-bond acceptors (Lipinski definition) is 8. The Morgan fingerprint density at radius 2 is 1.38 bits per heavy atom. The van der Waals surface area contributed by atoms with Crippen molar-refractivity contribution < 1.29 is 24.3 Å². The van der Waals surface area contributed by atoms with Gasteiger partial charge in [-0.15, -0.1) is 0 Å². The molecule has 1 aromatic heterocycles. The number of rotatable bonds is 18. The summed E-state index contributed by atoms with van der Waals surface area (Å²) >= 11 is 0. The second-order valence-electron chi connectivity index (χ2n) is 9.47. The number of carboxylic acid groups (broad SMARTS) is 1. The summed E-state index contributed by atoms with van der Waals surface area (Å²) < 4.78 is 0. The number of H-pyrrole nitrogens is 1. The first-order valence-corrected chi connectivity index (χ1v) is 12.8. The molecular formula is C23H42N12O5. The lowest BCUT2D eigenvalue weighted by atomic mass is 10.0. The number of aromatic amines is 1. The average molecular weight is 567 g/mol. The van der Waals surface area contributed by atoms with Gasteiger partial charge in [-0.25, -0.2) is 9.78 Å². The highest BCUT2D eigenvalue weighted by Crippen LogP contribution is 2.07. The third kappa shape index (κ3) is 12.9. The topological polar surface area (TPSA) is 308 Å². The Morgan fingerprint density at radius 1 is 0.875 bits per heavy atom. The number of aromatic nitrogens is 2. The Labute approximate surface area is 232 Å². The van der Waals surface area contributed by atoms with Crippen molar-refractivity contribution in [3.63, 3.8) is 0 Å². The highest BCUT2D eigenvalue weighted by Gasteiger charge is 2.31. The molecule has 1 heterocycles. The first kappa shape index (κ1) is 33.6. The van der Waals surface area contributed by atoms with Gasteiger partial charge in [0.25, 0.3) is 0 Å². The second-order valence-corrected chi connectivity index (χ2v) is 9.47. The van der Waals surface area contributed by atoms with Gasteiger partial charge in [0.15, 0.2) is 11.9 Å². The molecule has 17 nitrogen and oxygen atoms in total. The number of carbonyl (C=O) groups excluding carboxylic acids is 3. The monoisotopic (exact) mass is 566 g/mol. The zero-order chi connectivity index (χ0) is 30.2. The number of nitrogens with one attached hydrogen (secondary N) is 4. The summed E-state index contributed by atoms with van der Waals surface area (Å²) in [6, 6.07) is -4.41. The molecule has 0 saturated heterocycles. The largest absolute Gasteiger partial charge is 0.480 e. The van der Waals surface area contributed by atoms with Gasteiger partial charge in [-0.3, -0.25) is 24.4 Å². The third-order valence-electron chi connectivity index (χ3n) is 5.77. The zero-order valence-corrected chi connectivity index (χ0v) is 22.8. The molecule has 0 aliphatic carbocycles. The van der Waals surface area contributed by atoms with Crippen molar-refractivity contribution in [1.82, 2.24) is 25.9 Å². The third-order valence-corrected chi connectivity index (χ3v) is 5.77. The number of hydrogen-bond donors (Lipinski definition) is 10. The molecule has 0 aliphatic rings. The number of carboxylic acids is 1. The van der Waals surface area contributed by atoms with Crippen molar-refractivity contribution in [3.05, 3.63) is 18.2 Å². The van der Waals surface area contributed by atoms with Crippen molar-refractivity contribution >= 4 is 35.6 Å². The summed E-state index contributed by atoms with van der Waals surface area (Å²) in [4.78, 5) is 65.4. The van der Waals surface area contributed by atoms with Crippen molar-refractivity contribution in [2.45, 2.75) is 70.1 Å². The maximum Gasteiger partial charge on any atom is 0.326 e. The molecule has 4 unspecified atom stereocenters. The summed E-state index contributed by atoms with van der Waals surface area (Å²) in [5.41, 5.74) is 27.8. The molecule has 0 bridgehead atoms. The van der Waals surface area contributed by atoms with E-state index in [1.165, 1.54) is 12.5 Å². The Bertz CT molecular complexity index is 1020. The van der Waals surface area contributed by atoms with Crippen LogP contribution in [0.1, 0.15) is 45.2 Å². The van der Waals surface area contributed by atoms with Gasteiger partial charge in [-0.2, -0.15) is 0 Å². The predicted molar refractivity (Wildman–Crippen MR) is 148 cm³/mol. The van der Waals surface area contributed by atoms with E-state index in [2.05, 4.69) is 35.9 Å². The van der Waals surface area contributed by atoms with Crippen molar-refractivity contribution in [2.75, 3.05) is 13.1 Å².